The Bertz CT molecular complexity index is 276. The maximum absolute atomic E-state index is 11.4. The summed E-state index contributed by atoms with van der Waals surface area (Å²) in [5.74, 6) is -0.908. The molecule has 2 amide bonds. The first-order valence-corrected chi connectivity index (χ1v) is 5.10. The van der Waals surface area contributed by atoms with Gasteiger partial charge in [0.2, 0.25) is 0 Å². The molecule has 0 aromatic rings. The fourth-order valence-electron chi connectivity index (χ4n) is 1.45. The summed E-state index contributed by atoms with van der Waals surface area (Å²) in [5.41, 5.74) is 0.188. The van der Waals surface area contributed by atoms with E-state index in [0.29, 0.717) is 0 Å². The molecule has 5 heteroatoms. The number of carboxylic acids is 1. The third-order valence-corrected chi connectivity index (χ3v) is 2.68. The van der Waals surface area contributed by atoms with Gasteiger partial charge in [-0.2, -0.15) is 0 Å². The number of urea groups is 1. The highest BCUT2D eigenvalue weighted by Crippen LogP contribution is 2.44. The van der Waals surface area contributed by atoms with Gasteiger partial charge < -0.3 is 15.7 Å². The third-order valence-electron chi connectivity index (χ3n) is 2.68. The molecular formula is C10H18N2O3. The van der Waals surface area contributed by atoms with E-state index < -0.39 is 5.97 Å². The van der Waals surface area contributed by atoms with Crippen LogP contribution in [0.4, 0.5) is 4.79 Å². The van der Waals surface area contributed by atoms with Crippen LogP contribution in [0, 0.1) is 5.41 Å². The highest BCUT2D eigenvalue weighted by Gasteiger charge is 2.46. The van der Waals surface area contributed by atoms with Crippen LogP contribution in [0.3, 0.4) is 0 Å². The van der Waals surface area contributed by atoms with Gasteiger partial charge in [0, 0.05) is 12.1 Å². The number of carboxylic acid groups (broad SMARTS) is 1. The lowest BCUT2D eigenvalue weighted by Gasteiger charge is -2.13. The smallest absolute Gasteiger partial charge is 0.315 e. The molecule has 1 aliphatic carbocycles. The zero-order chi connectivity index (χ0) is 11.6. The zero-order valence-electron chi connectivity index (χ0n) is 9.33. The molecular weight excluding hydrogens is 196 g/mol. The summed E-state index contributed by atoms with van der Waals surface area (Å²) >= 11 is 0. The van der Waals surface area contributed by atoms with Crippen molar-refractivity contribution in [2.24, 2.45) is 5.41 Å². The lowest BCUT2D eigenvalue weighted by atomic mass is 10.2. The number of nitrogens with one attached hydrogen (secondary N) is 2. The van der Waals surface area contributed by atoms with E-state index in [4.69, 9.17) is 5.11 Å². The molecule has 2 atom stereocenters. The van der Waals surface area contributed by atoms with Gasteiger partial charge in [-0.3, -0.25) is 4.79 Å². The van der Waals surface area contributed by atoms with Crippen LogP contribution in [-0.2, 0) is 4.79 Å². The Hall–Kier alpha value is -1.26. The summed E-state index contributed by atoms with van der Waals surface area (Å²) in [6, 6.07) is -0.404. The molecule has 0 aliphatic heterocycles. The Labute approximate surface area is 89.2 Å². The number of hydrogen-bond donors (Lipinski definition) is 3. The van der Waals surface area contributed by atoms with Gasteiger partial charge >= 0.3 is 12.0 Å². The summed E-state index contributed by atoms with van der Waals surface area (Å²) in [5, 5.41) is 13.9. The van der Waals surface area contributed by atoms with Crippen molar-refractivity contribution in [1.82, 2.24) is 10.6 Å². The Kier molecular flexibility index (Phi) is 3.21. The van der Waals surface area contributed by atoms with Gasteiger partial charge in [-0.25, -0.2) is 4.79 Å². The molecule has 86 valence electrons. The lowest BCUT2D eigenvalue weighted by Crippen LogP contribution is -2.43. The van der Waals surface area contributed by atoms with Crippen LogP contribution in [0.1, 0.15) is 33.6 Å². The molecule has 1 aliphatic rings. The average Bonchev–Trinajstić information content (AvgIpc) is 2.54. The van der Waals surface area contributed by atoms with Crippen molar-refractivity contribution < 1.29 is 14.7 Å². The number of carbonyl (C=O) groups is 2. The van der Waals surface area contributed by atoms with Crippen molar-refractivity contribution >= 4 is 12.0 Å². The lowest BCUT2D eigenvalue weighted by molar-refractivity contribution is -0.137. The Balaban J connectivity index is 2.22. The first kappa shape index (κ1) is 11.8. The highest BCUT2D eigenvalue weighted by molar-refractivity contribution is 5.76. The number of amides is 2. The van der Waals surface area contributed by atoms with E-state index in [2.05, 4.69) is 24.5 Å². The summed E-state index contributed by atoms with van der Waals surface area (Å²) in [4.78, 5) is 21.7. The van der Waals surface area contributed by atoms with Gasteiger partial charge in [0.15, 0.2) is 0 Å². The van der Waals surface area contributed by atoms with Gasteiger partial charge in [0.1, 0.15) is 0 Å². The molecule has 0 bridgehead atoms. The standard InChI is InChI=1S/C10H18N2O3/c1-6(4-8(13)14)11-9(15)12-7-5-10(7,2)3/h6-7H,4-5H2,1-3H3,(H,13,14)(H2,11,12,15). The minimum absolute atomic E-state index is 0.0541. The molecule has 0 spiro atoms. The molecule has 0 aromatic heterocycles. The summed E-state index contributed by atoms with van der Waals surface area (Å²) in [6.45, 7) is 5.84. The molecule has 5 nitrogen and oxygen atoms in total. The average molecular weight is 214 g/mol. The first-order valence-electron chi connectivity index (χ1n) is 5.10. The Morgan fingerprint density at radius 2 is 2.07 bits per heavy atom. The number of rotatable bonds is 4. The summed E-state index contributed by atoms with van der Waals surface area (Å²) in [7, 11) is 0. The van der Waals surface area contributed by atoms with Gasteiger partial charge in [-0.05, 0) is 18.8 Å². The van der Waals surface area contributed by atoms with Gasteiger partial charge in [-0.15, -0.1) is 0 Å². The van der Waals surface area contributed by atoms with E-state index in [0.717, 1.165) is 6.42 Å². The van der Waals surface area contributed by atoms with Gasteiger partial charge in [0.25, 0.3) is 0 Å². The van der Waals surface area contributed by atoms with Gasteiger partial charge in [-0.1, -0.05) is 13.8 Å². The van der Waals surface area contributed by atoms with Crippen molar-refractivity contribution in [3.8, 4) is 0 Å². The van der Waals surface area contributed by atoms with Crippen LogP contribution in [0.2, 0.25) is 0 Å². The van der Waals surface area contributed by atoms with Crippen LogP contribution >= 0.6 is 0 Å². The second kappa shape index (κ2) is 4.08. The van der Waals surface area contributed by atoms with Crippen molar-refractivity contribution in [3.63, 3.8) is 0 Å². The van der Waals surface area contributed by atoms with Crippen LogP contribution < -0.4 is 10.6 Å². The Morgan fingerprint density at radius 1 is 1.53 bits per heavy atom. The maximum atomic E-state index is 11.4. The SMILES string of the molecule is CC(CC(=O)O)NC(=O)NC1CC1(C)C. The minimum atomic E-state index is -0.908. The quantitative estimate of drug-likeness (QED) is 0.652. The van der Waals surface area contributed by atoms with Crippen molar-refractivity contribution in [3.05, 3.63) is 0 Å². The number of aliphatic carboxylic acids is 1. The van der Waals surface area contributed by atoms with Crippen LogP contribution in [0.25, 0.3) is 0 Å². The molecule has 3 N–H and O–H groups in total. The Morgan fingerprint density at radius 3 is 2.47 bits per heavy atom. The molecule has 2 unspecified atom stereocenters. The molecule has 0 aromatic carbocycles. The fourth-order valence-corrected chi connectivity index (χ4v) is 1.45. The van der Waals surface area contributed by atoms with E-state index >= 15 is 0 Å². The third kappa shape index (κ3) is 3.77. The maximum Gasteiger partial charge on any atom is 0.315 e. The number of carbonyl (C=O) groups excluding carboxylic acids is 1. The monoisotopic (exact) mass is 214 g/mol. The highest BCUT2D eigenvalue weighted by atomic mass is 16.4. The zero-order valence-corrected chi connectivity index (χ0v) is 9.33. The van der Waals surface area contributed by atoms with E-state index in [-0.39, 0.29) is 30.0 Å². The van der Waals surface area contributed by atoms with E-state index in [9.17, 15) is 9.59 Å². The molecule has 0 radical (unpaired) electrons. The van der Waals surface area contributed by atoms with Gasteiger partial charge in [0.05, 0.1) is 6.42 Å². The van der Waals surface area contributed by atoms with E-state index in [1.54, 1.807) is 6.92 Å². The molecule has 1 saturated carbocycles. The van der Waals surface area contributed by atoms with Crippen LogP contribution in [0.5, 0.6) is 0 Å². The van der Waals surface area contributed by atoms with Crippen LogP contribution in [0.15, 0.2) is 0 Å². The molecule has 15 heavy (non-hydrogen) atoms. The van der Waals surface area contributed by atoms with E-state index in [1.807, 2.05) is 0 Å². The second-order valence-electron chi connectivity index (χ2n) is 4.86. The topological polar surface area (TPSA) is 78.4 Å². The summed E-state index contributed by atoms with van der Waals surface area (Å²) in [6.07, 6.45) is 0.926. The summed E-state index contributed by atoms with van der Waals surface area (Å²) < 4.78 is 0. The van der Waals surface area contributed by atoms with Crippen molar-refractivity contribution in [1.29, 1.82) is 0 Å². The molecule has 1 fully saturated rings. The fraction of sp³-hybridized carbons (Fsp3) is 0.800. The normalized spacial score (nSPS) is 24.1. The van der Waals surface area contributed by atoms with Crippen LogP contribution in [-0.4, -0.2) is 29.2 Å². The first-order chi connectivity index (χ1) is 6.81. The minimum Gasteiger partial charge on any atom is -0.481 e. The largest absolute Gasteiger partial charge is 0.481 e. The molecule has 0 saturated heterocycles. The van der Waals surface area contributed by atoms with E-state index in [1.165, 1.54) is 0 Å². The predicted molar refractivity (Wildman–Crippen MR) is 55.6 cm³/mol. The van der Waals surface area contributed by atoms with Crippen molar-refractivity contribution in [2.45, 2.75) is 45.7 Å². The number of hydrogen-bond acceptors (Lipinski definition) is 2. The predicted octanol–water partition coefficient (Wildman–Crippen LogP) is 0.947. The second-order valence-corrected chi connectivity index (χ2v) is 4.86. The molecule has 0 heterocycles. The molecule has 1 rings (SSSR count). The van der Waals surface area contributed by atoms with Crippen molar-refractivity contribution in [2.75, 3.05) is 0 Å².